The summed E-state index contributed by atoms with van der Waals surface area (Å²) in [7, 11) is 0. The van der Waals surface area contributed by atoms with Gasteiger partial charge >= 0.3 is 0 Å². The average Bonchev–Trinajstić information content (AvgIpc) is 3.28. The maximum absolute atomic E-state index is 12.4. The number of carbonyl (C=O) groups is 1. The lowest BCUT2D eigenvalue weighted by molar-refractivity contribution is 0.0951. The quantitative estimate of drug-likeness (QED) is 0.754. The molecule has 138 valence electrons. The third-order valence-electron chi connectivity index (χ3n) is 4.56. The molecule has 1 aromatic carbocycles. The van der Waals surface area contributed by atoms with E-state index in [0.717, 1.165) is 48.9 Å². The average molecular weight is 363 g/mol. The Hall–Kier alpha value is -3.12. The molecule has 6 heteroatoms. The monoisotopic (exact) mass is 363 g/mol. The molecular weight excluding hydrogens is 342 g/mol. The van der Waals surface area contributed by atoms with E-state index in [1.165, 1.54) is 0 Å². The van der Waals surface area contributed by atoms with Gasteiger partial charge in [0.1, 0.15) is 5.76 Å². The van der Waals surface area contributed by atoms with Gasteiger partial charge < -0.3 is 19.4 Å². The highest BCUT2D eigenvalue weighted by atomic mass is 16.5. The van der Waals surface area contributed by atoms with Crippen LogP contribution in [0.3, 0.4) is 0 Å². The van der Waals surface area contributed by atoms with Crippen LogP contribution in [0.4, 0.5) is 5.69 Å². The van der Waals surface area contributed by atoms with Crippen molar-refractivity contribution in [3.8, 4) is 11.3 Å². The summed E-state index contributed by atoms with van der Waals surface area (Å²) in [4.78, 5) is 18.9. The predicted molar refractivity (Wildman–Crippen MR) is 103 cm³/mol. The fourth-order valence-electron chi connectivity index (χ4n) is 3.09. The number of rotatable bonds is 5. The van der Waals surface area contributed by atoms with Gasteiger partial charge in [0.05, 0.1) is 19.5 Å². The van der Waals surface area contributed by atoms with Crippen LogP contribution in [-0.2, 0) is 11.3 Å². The molecule has 1 N–H and O–H groups in total. The number of aromatic nitrogens is 1. The Morgan fingerprint density at radius 2 is 1.93 bits per heavy atom. The molecule has 1 saturated heterocycles. The van der Waals surface area contributed by atoms with Crippen LogP contribution in [0.15, 0.2) is 65.5 Å². The highest BCUT2D eigenvalue weighted by Crippen LogP contribution is 2.20. The van der Waals surface area contributed by atoms with Crippen LogP contribution in [0.5, 0.6) is 0 Å². The summed E-state index contributed by atoms with van der Waals surface area (Å²) in [5.74, 6) is 0.654. The lowest BCUT2D eigenvalue weighted by Crippen LogP contribution is -2.36. The number of pyridine rings is 1. The van der Waals surface area contributed by atoms with Crippen molar-refractivity contribution in [3.05, 3.63) is 72.2 Å². The van der Waals surface area contributed by atoms with Gasteiger partial charge in [0.2, 0.25) is 0 Å². The smallest absolute Gasteiger partial charge is 0.251 e. The minimum absolute atomic E-state index is 0.105. The molecule has 4 rings (SSSR count). The van der Waals surface area contributed by atoms with Crippen LogP contribution in [0, 0.1) is 0 Å². The maximum Gasteiger partial charge on any atom is 0.251 e. The number of hydrogen-bond acceptors (Lipinski definition) is 5. The molecule has 1 amide bonds. The van der Waals surface area contributed by atoms with Gasteiger partial charge in [0.25, 0.3) is 5.91 Å². The van der Waals surface area contributed by atoms with Gasteiger partial charge in [-0.3, -0.25) is 9.78 Å². The zero-order valence-corrected chi connectivity index (χ0v) is 14.9. The summed E-state index contributed by atoms with van der Waals surface area (Å²) in [6, 6.07) is 13.4. The standard InChI is InChI=1S/C21H21N3O3/c25-21(17-3-5-19(6-4-17)24-7-10-26-11-8-24)23-14-16-12-18(15-22-13-16)20-2-1-9-27-20/h1-6,9,12-13,15H,7-8,10-11,14H2,(H,23,25). The normalized spacial score (nSPS) is 14.1. The molecule has 1 aliphatic heterocycles. The van der Waals surface area contributed by atoms with Crippen LogP contribution in [0.2, 0.25) is 0 Å². The molecule has 0 bridgehead atoms. The molecular formula is C21H21N3O3. The molecule has 0 atom stereocenters. The Labute approximate surface area is 157 Å². The van der Waals surface area contributed by atoms with E-state index in [4.69, 9.17) is 9.15 Å². The lowest BCUT2D eigenvalue weighted by atomic mass is 10.1. The second-order valence-electron chi connectivity index (χ2n) is 6.39. The van der Waals surface area contributed by atoms with E-state index in [-0.39, 0.29) is 5.91 Å². The highest BCUT2D eigenvalue weighted by molar-refractivity contribution is 5.94. The maximum atomic E-state index is 12.4. The molecule has 0 saturated carbocycles. The van der Waals surface area contributed by atoms with Gasteiger partial charge in [0.15, 0.2) is 0 Å². The van der Waals surface area contributed by atoms with Crippen LogP contribution in [-0.4, -0.2) is 37.2 Å². The summed E-state index contributed by atoms with van der Waals surface area (Å²) in [5.41, 5.74) is 3.57. The molecule has 2 aromatic heterocycles. The van der Waals surface area contributed by atoms with E-state index in [0.29, 0.717) is 12.1 Å². The second-order valence-corrected chi connectivity index (χ2v) is 6.39. The zero-order chi connectivity index (χ0) is 18.5. The minimum atomic E-state index is -0.105. The number of anilines is 1. The fraction of sp³-hybridized carbons (Fsp3) is 0.238. The number of nitrogens with one attached hydrogen (secondary N) is 1. The second kappa shape index (κ2) is 8.05. The zero-order valence-electron chi connectivity index (χ0n) is 14.9. The van der Waals surface area contributed by atoms with Crippen LogP contribution >= 0.6 is 0 Å². The number of amides is 1. The van der Waals surface area contributed by atoms with E-state index in [1.807, 2.05) is 42.5 Å². The minimum Gasteiger partial charge on any atom is -0.464 e. The van der Waals surface area contributed by atoms with Gasteiger partial charge in [-0.25, -0.2) is 0 Å². The van der Waals surface area contributed by atoms with Gasteiger partial charge in [-0.2, -0.15) is 0 Å². The SMILES string of the molecule is O=C(NCc1cncc(-c2ccco2)c1)c1ccc(N2CCOCC2)cc1. The molecule has 6 nitrogen and oxygen atoms in total. The number of carbonyl (C=O) groups excluding carboxylic acids is 1. The summed E-state index contributed by atoms with van der Waals surface area (Å²) >= 11 is 0. The lowest BCUT2D eigenvalue weighted by Gasteiger charge is -2.28. The first-order chi connectivity index (χ1) is 13.3. The van der Waals surface area contributed by atoms with Gasteiger partial charge in [0, 0.05) is 48.8 Å². The first-order valence-corrected chi connectivity index (χ1v) is 8.98. The molecule has 0 spiro atoms. The molecule has 0 unspecified atom stereocenters. The molecule has 3 aromatic rings. The Morgan fingerprint density at radius 3 is 2.67 bits per heavy atom. The molecule has 27 heavy (non-hydrogen) atoms. The first-order valence-electron chi connectivity index (χ1n) is 8.98. The van der Waals surface area contributed by atoms with Gasteiger partial charge in [-0.05, 0) is 48.0 Å². The Balaban J connectivity index is 1.37. The summed E-state index contributed by atoms with van der Waals surface area (Å²) in [6.45, 7) is 3.65. The Kier molecular flexibility index (Phi) is 5.16. The van der Waals surface area contributed by atoms with Crippen molar-refractivity contribution in [2.75, 3.05) is 31.2 Å². The van der Waals surface area contributed by atoms with E-state index in [1.54, 1.807) is 18.7 Å². The Morgan fingerprint density at radius 1 is 1.11 bits per heavy atom. The van der Waals surface area contributed by atoms with Crippen molar-refractivity contribution >= 4 is 11.6 Å². The largest absolute Gasteiger partial charge is 0.464 e. The van der Waals surface area contributed by atoms with Crippen LogP contribution in [0.1, 0.15) is 15.9 Å². The predicted octanol–water partition coefficient (Wildman–Crippen LogP) is 3.11. The van der Waals surface area contributed by atoms with Gasteiger partial charge in [-0.1, -0.05) is 0 Å². The fourth-order valence-corrected chi connectivity index (χ4v) is 3.09. The highest BCUT2D eigenvalue weighted by Gasteiger charge is 2.12. The van der Waals surface area contributed by atoms with Gasteiger partial charge in [-0.15, -0.1) is 0 Å². The summed E-state index contributed by atoms with van der Waals surface area (Å²) in [5, 5.41) is 2.94. The van der Waals surface area contributed by atoms with Crippen LogP contribution in [0.25, 0.3) is 11.3 Å². The topological polar surface area (TPSA) is 67.6 Å². The van der Waals surface area contributed by atoms with E-state index < -0.39 is 0 Å². The Bertz CT molecular complexity index is 885. The molecule has 0 radical (unpaired) electrons. The third kappa shape index (κ3) is 4.17. The van der Waals surface area contributed by atoms with Crippen molar-refractivity contribution in [1.29, 1.82) is 0 Å². The van der Waals surface area contributed by atoms with Crippen molar-refractivity contribution in [2.45, 2.75) is 6.54 Å². The van der Waals surface area contributed by atoms with E-state index >= 15 is 0 Å². The third-order valence-corrected chi connectivity index (χ3v) is 4.56. The molecule has 0 aliphatic carbocycles. The van der Waals surface area contributed by atoms with Crippen molar-refractivity contribution in [1.82, 2.24) is 10.3 Å². The van der Waals surface area contributed by atoms with Crippen molar-refractivity contribution in [2.24, 2.45) is 0 Å². The van der Waals surface area contributed by atoms with Crippen molar-refractivity contribution in [3.63, 3.8) is 0 Å². The number of morpholine rings is 1. The molecule has 1 fully saturated rings. The van der Waals surface area contributed by atoms with Crippen molar-refractivity contribution < 1.29 is 13.9 Å². The summed E-state index contributed by atoms with van der Waals surface area (Å²) in [6.07, 6.45) is 5.12. The van der Waals surface area contributed by atoms with E-state index in [2.05, 4.69) is 15.2 Å². The van der Waals surface area contributed by atoms with E-state index in [9.17, 15) is 4.79 Å². The number of furan rings is 1. The van der Waals surface area contributed by atoms with Crippen LogP contribution < -0.4 is 10.2 Å². The number of benzene rings is 1. The number of nitrogens with zero attached hydrogens (tertiary/aromatic N) is 2. The number of ether oxygens (including phenoxy) is 1. The molecule has 1 aliphatic rings. The number of hydrogen-bond donors (Lipinski definition) is 1. The first kappa shape index (κ1) is 17.3. The molecule has 3 heterocycles. The summed E-state index contributed by atoms with van der Waals surface area (Å²) < 4.78 is 10.8.